The molecular weight excluding hydrogens is 362 g/mol. The summed E-state index contributed by atoms with van der Waals surface area (Å²) in [6.07, 6.45) is 4.20. The molecule has 28 heavy (non-hydrogen) atoms. The lowest BCUT2D eigenvalue weighted by Crippen LogP contribution is -2.50. The van der Waals surface area contributed by atoms with Crippen LogP contribution in [0.2, 0.25) is 0 Å². The number of anilines is 1. The predicted octanol–water partition coefficient (Wildman–Crippen LogP) is 0.0984. The first-order chi connectivity index (χ1) is 13.6. The topological polar surface area (TPSA) is 103 Å². The van der Waals surface area contributed by atoms with Crippen molar-refractivity contribution in [2.75, 3.05) is 37.6 Å². The van der Waals surface area contributed by atoms with Crippen molar-refractivity contribution in [2.45, 2.75) is 25.8 Å². The van der Waals surface area contributed by atoms with Crippen molar-refractivity contribution in [3.63, 3.8) is 0 Å². The van der Waals surface area contributed by atoms with E-state index in [9.17, 15) is 14.4 Å². The minimum absolute atomic E-state index is 0.00400. The molecule has 1 N–H and O–H groups in total. The van der Waals surface area contributed by atoms with Crippen LogP contribution < -0.4 is 10.2 Å². The second-order valence-corrected chi connectivity index (χ2v) is 6.99. The summed E-state index contributed by atoms with van der Waals surface area (Å²) in [6.45, 7) is 4.70. The van der Waals surface area contributed by atoms with Crippen LogP contribution in [0.4, 0.5) is 10.6 Å². The van der Waals surface area contributed by atoms with Crippen molar-refractivity contribution in [2.24, 2.45) is 0 Å². The summed E-state index contributed by atoms with van der Waals surface area (Å²) in [7, 11) is 0. The predicted molar refractivity (Wildman–Crippen MR) is 101 cm³/mol. The molecule has 0 aliphatic carbocycles. The number of urea groups is 1. The Hall–Kier alpha value is -3.17. The molecule has 2 saturated heterocycles. The lowest BCUT2D eigenvalue weighted by molar-refractivity contribution is -0.136. The van der Waals surface area contributed by atoms with Gasteiger partial charge in [-0.05, 0) is 18.6 Å². The van der Waals surface area contributed by atoms with E-state index in [1.807, 2.05) is 19.1 Å². The van der Waals surface area contributed by atoms with Gasteiger partial charge in [0.1, 0.15) is 11.9 Å². The number of imidazole rings is 1. The van der Waals surface area contributed by atoms with Crippen molar-refractivity contribution in [1.29, 1.82) is 0 Å². The Morgan fingerprint density at radius 2 is 2.00 bits per heavy atom. The van der Waals surface area contributed by atoms with Crippen LogP contribution in [-0.4, -0.2) is 81.0 Å². The van der Waals surface area contributed by atoms with E-state index in [2.05, 4.69) is 20.3 Å². The third-order valence-corrected chi connectivity index (χ3v) is 5.13. The van der Waals surface area contributed by atoms with E-state index in [1.54, 1.807) is 21.8 Å². The second-order valence-electron chi connectivity index (χ2n) is 6.99. The number of rotatable bonds is 5. The number of hydrogen-bond acceptors (Lipinski definition) is 6. The highest BCUT2D eigenvalue weighted by Crippen LogP contribution is 2.16. The first-order valence-corrected chi connectivity index (χ1v) is 9.52. The van der Waals surface area contributed by atoms with Gasteiger partial charge in [-0.25, -0.2) is 14.3 Å². The molecule has 2 aromatic heterocycles. The zero-order chi connectivity index (χ0) is 19.7. The molecule has 0 saturated carbocycles. The van der Waals surface area contributed by atoms with Gasteiger partial charge in [0.2, 0.25) is 5.91 Å². The molecule has 4 heterocycles. The van der Waals surface area contributed by atoms with Crippen LogP contribution in [0.15, 0.2) is 24.5 Å². The molecule has 148 valence electrons. The Bertz CT molecular complexity index is 903. The average molecular weight is 385 g/mol. The Labute approximate surface area is 162 Å². The standard InChI is InChI=1S/C18H23N7O3/c1-2-6-24-17(27)13(20-18(24)28)12-16(26)23-10-8-22(9-11-23)15-4-3-14-19-5-7-25(14)21-15/h3-5,7,13H,2,6,8-12H2,1H3,(H,20,28)/t13-/m1/s1. The molecule has 2 aliphatic heterocycles. The van der Waals surface area contributed by atoms with Gasteiger partial charge in [0.05, 0.1) is 6.42 Å². The number of nitrogens with zero attached hydrogens (tertiary/aromatic N) is 6. The van der Waals surface area contributed by atoms with E-state index in [-0.39, 0.29) is 18.2 Å². The van der Waals surface area contributed by atoms with Crippen LogP contribution in [0.25, 0.3) is 5.65 Å². The minimum Gasteiger partial charge on any atom is -0.352 e. The van der Waals surface area contributed by atoms with Crippen LogP contribution in [0.3, 0.4) is 0 Å². The summed E-state index contributed by atoms with van der Waals surface area (Å²) in [5, 5.41) is 7.15. The van der Waals surface area contributed by atoms with Crippen molar-refractivity contribution in [3.05, 3.63) is 24.5 Å². The van der Waals surface area contributed by atoms with E-state index in [0.717, 1.165) is 11.5 Å². The smallest absolute Gasteiger partial charge is 0.324 e. The number of carbonyl (C=O) groups excluding carboxylic acids is 3. The normalized spacial score (nSPS) is 20.2. The van der Waals surface area contributed by atoms with Crippen molar-refractivity contribution >= 4 is 29.3 Å². The fourth-order valence-corrected chi connectivity index (χ4v) is 3.61. The first kappa shape index (κ1) is 18.2. The van der Waals surface area contributed by atoms with Crippen LogP contribution in [-0.2, 0) is 9.59 Å². The van der Waals surface area contributed by atoms with E-state index in [4.69, 9.17) is 0 Å². The van der Waals surface area contributed by atoms with Crippen LogP contribution in [0.1, 0.15) is 19.8 Å². The Morgan fingerprint density at radius 1 is 1.21 bits per heavy atom. The third kappa shape index (κ3) is 3.37. The summed E-state index contributed by atoms with van der Waals surface area (Å²) < 4.78 is 1.73. The molecule has 2 aliphatic rings. The maximum atomic E-state index is 12.6. The molecular formula is C18H23N7O3. The van der Waals surface area contributed by atoms with Gasteiger partial charge in [-0.1, -0.05) is 6.92 Å². The van der Waals surface area contributed by atoms with Gasteiger partial charge in [-0.3, -0.25) is 14.5 Å². The number of nitrogens with one attached hydrogen (secondary N) is 1. The van der Waals surface area contributed by atoms with Crippen molar-refractivity contribution in [3.8, 4) is 0 Å². The van der Waals surface area contributed by atoms with E-state index >= 15 is 0 Å². The van der Waals surface area contributed by atoms with Gasteiger partial charge >= 0.3 is 6.03 Å². The molecule has 10 nitrogen and oxygen atoms in total. The number of fused-ring (bicyclic) bond motifs is 1. The van der Waals surface area contributed by atoms with Crippen LogP contribution in [0.5, 0.6) is 0 Å². The van der Waals surface area contributed by atoms with Gasteiger partial charge in [0.25, 0.3) is 5.91 Å². The monoisotopic (exact) mass is 385 g/mol. The molecule has 0 aromatic carbocycles. The summed E-state index contributed by atoms with van der Waals surface area (Å²) in [6, 6.07) is 2.68. The van der Waals surface area contributed by atoms with Crippen molar-refractivity contribution in [1.82, 2.24) is 29.7 Å². The number of imide groups is 1. The molecule has 4 rings (SSSR count). The molecule has 0 bridgehead atoms. The first-order valence-electron chi connectivity index (χ1n) is 9.52. The largest absolute Gasteiger partial charge is 0.352 e. The average Bonchev–Trinajstić information content (AvgIpc) is 3.28. The van der Waals surface area contributed by atoms with Gasteiger partial charge < -0.3 is 15.1 Å². The van der Waals surface area contributed by atoms with E-state index in [1.165, 1.54) is 4.90 Å². The van der Waals surface area contributed by atoms with Crippen molar-refractivity contribution < 1.29 is 14.4 Å². The number of hydrogen-bond donors (Lipinski definition) is 1. The van der Waals surface area contributed by atoms with Gasteiger partial charge in [-0.2, -0.15) is 0 Å². The minimum atomic E-state index is -0.755. The Kier molecular flexibility index (Phi) is 4.84. The van der Waals surface area contributed by atoms with Crippen LogP contribution in [0, 0.1) is 0 Å². The zero-order valence-corrected chi connectivity index (χ0v) is 15.7. The highest BCUT2D eigenvalue weighted by Gasteiger charge is 2.39. The van der Waals surface area contributed by atoms with E-state index in [0.29, 0.717) is 39.1 Å². The SMILES string of the molecule is CCCN1C(=O)N[C@H](CC(=O)N2CCN(c3ccc4nccn4n3)CC2)C1=O. The van der Waals surface area contributed by atoms with Gasteiger partial charge in [0, 0.05) is 45.1 Å². The molecule has 1 atom stereocenters. The summed E-state index contributed by atoms with van der Waals surface area (Å²) in [4.78, 5) is 46.0. The quantitative estimate of drug-likeness (QED) is 0.732. The zero-order valence-electron chi connectivity index (χ0n) is 15.7. The fraction of sp³-hybridized carbons (Fsp3) is 0.500. The van der Waals surface area contributed by atoms with E-state index < -0.39 is 12.1 Å². The molecule has 0 radical (unpaired) electrons. The second kappa shape index (κ2) is 7.45. The highest BCUT2D eigenvalue weighted by atomic mass is 16.2. The van der Waals surface area contributed by atoms with Gasteiger partial charge in [0.15, 0.2) is 5.65 Å². The summed E-state index contributed by atoms with van der Waals surface area (Å²) >= 11 is 0. The molecule has 4 amide bonds. The molecule has 0 spiro atoms. The fourth-order valence-electron chi connectivity index (χ4n) is 3.61. The maximum absolute atomic E-state index is 12.6. The molecule has 10 heteroatoms. The van der Waals surface area contributed by atoms with Crippen LogP contribution >= 0.6 is 0 Å². The Morgan fingerprint density at radius 3 is 2.75 bits per heavy atom. The number of amides is 4. The number of aromatic nitrogens is 3. The Balaban J connectivity index is 1.33. The maximum Gasteiger partial charge on any atom is 0.324 e. The number of piperazine rings is 1. The third-order valence-electron chi connectivity index (χ3n) is 5.13. The lowest BCUT2D eigenvalue weighted by atomic mass is 10.1. The molecule has 2 aromatic rings. The number of carbonyl (C=O) groups is 3. The molecule has 2 fully saturated rings. The lowest BCUT2D eigenvalue weighted by Gasteiger charge is -2.35. The molecule has 0 unspecified atom stereocenters. The highest BCUT2D eigenvalue weighted by molar-refractivity contribution is 6.05. The summed E-state index contributed by atoms with van der Waals surface area (Å²) in [5.41, 5.74) is 0.790. The van der Waals surface area contributed by atoms with Gasteiger partial charge in [-0.15, -0.1) is 5.10 Å². The summed E-state index contributed by atoms with van der Waals surface area (Å²) in [5.74, 6) is 0.414.